The molecule has 1 N–H and O–H groups in total. The Morgan fingerprint density at radius 1 is 0.955 bits per heavy atom. The van der Waals surface area contributed by atoms with Crippen LogP contribution in [-0.2, 0) is 0 Å². The van der Waals surface area contributed by atoms with Crippen LogP contribution in [0.2, 0.25) is 5.02 Å². The molecule has 7 heteroatoms. The molecule has 2 rings (SSSR count). The Kier molecular flexibility index (Phi) is 5.35. The van der Waals surface area contributed by atoms with E-state index < -0.39 is 15.9 Å². The molecule has 0 atom stereocenters. The van der Waals surface area contributed by atoms with Gasteiger partial charge in [0.25, 0.3) is 0 Å². The van der Waals surface area contributed by atoms with E-state index in [1.54, 1.807) is 18.2 Å². The standard InChI is InChI=1S/C15H9Cl4NO2/c16-10-6-7-12(20-19)11(8-10)14(22)15(17,18)13(21)9-4-2-1-3-5-9/h1-8,20H. The maximum atomic E-state index is 12.6. The fourth-order valence-electron chi connectivity index (χ4n) is 1.83. The van der Waals surface area contributed by atoms with Crippen molar-refractivity contribution in [2.24, 2.45) is 0 Å². The van der Waals surface area contributed by atoms with Gasteiger partial charge >= 0.3 is 0 Å². The van der Waals surface area contributed by atoms with Crippen LogP contribution in [0.4, 0.5) is 5.69 Å². The van der Waals surface area contributed by atoms with E-state index in [9.17, 15) is 9.59 Å². The first-order chi connectivity index (χ1) is 10.4. The molecule has 0 amide bonds. The smallest absolute Gasteiger partial charge is 0.242 e. The SMILES string of the molecule is O=C(c1ccccc1)C(Cl)(Cl)C(=O)c1cc(Cl)ccc1NCl. The molecular formula is C15H9Cl4NO2. The molecule has 0 saturated heterocycles. The molecule has 114 valence electrons. The van der Waals surface area contributed by atoms with Gasteiger partial charge in [0.2, 0.25) is 15.9 Å². The van der Waals surface area contributed by atoms with Crippen LogP contribution >= 0.6 is 46.6 Å². The zero-order chi connectivity index (χ0) is 16.3. The highest BCUT2D eigenvalue weighted by atomic mass is 35.5. The second-order valence-corrected chi connectivity index (χ2v) is 6.34. The van der Waals surface area contributed by atoms with E-state index in [0.29, 0.717) is 0 Å². The Bertz CT molecular complexity index is 717. The summed E-state index contributed by atoms with van der Waals surface area (Å²) in [6, 6.07) is 12.4. The molecular weight excluding hydrogens is 368 g/mol. The first kappa shape index (κ1) is 17.1. The van der Waals surface area contributed by atoms with Crippen molar-refractivity contribution in [3.63, 3.8) is 0 Å². The second-order valence-electron chi connectivity index (χ2n) is 4.38. The number of hydrogen-bond acceptors (Lipinski definition) is 3. The van der Waals surface area contributed by atoms with Crippen molar-refractivity contribution in [1.29, 1.82) is 0 Å². The van der Waals surface area contributed by atoms with Crippen molar-refractivity contribution >= 4 is 63.8 Å². The fourth-order valence-corrected chi connectivity index (χ4v) is 2.59. The number of rotatable bonds is 5. The largest absolute Gasteiger partial charge is 0.298 e. The average Bonchev–Trinajstić information content (AvgIpc) is 2.54. The van der Waals surface area contributed by atoms with Gasteiger partial charge in [-0.2, -0.15) is 0 Å². The zero-order valence-electron chi connectivity index (χ0n) is 10.9. The summed E-state index contributed by atoms with van der Waals surface area (Å²) in [5, 5.41) is 0.287. The Balaban J connectivity index is 2.43. The van der Waals surface area contributed by atoms with E-state index in [1.807, 2.05) is 0 Å². The maximum Gasteiger partial charge on any atom is 0.242 e. The molecule has 0 saturated carbocycles. The lowest BCUT2D eigenvalue weighted by Gasteiger charge is -2.18. The summed E-state index contributed by atoms with van der Waals surface area (Å²) in [6.45, 7) is 0. The first-order valence-corrected chi connectivity index (χ1v) is 7.57. The Hall–Kier alpha value is -1.26. The Morgan fingerprint density at radius 2 is 1.59 bits per heavy atom. The van der Waals surface area contributed by atoms with Crippen molar-refractivity contribution in [2.75, 3.05) is 4.84 Å². The number of Topliss-reactive ketones (excluding diaryl/α,β-unsaturated/α-hetero) is 2. The third kappa shape index (κ3) is 3.39. The molecule has 0 unspecified atom stereocenters. The number of benzene rings is 2. The lowest BCUT2D eigenvalue weighted by atomic mass is 9.99. The summed E-state index contributed by atoms with van der Waals surface area (Å²) in [5.74, 6) is -1.53. The van der Waals surface area contributed by atoms with E-state index in [0.717, 1.165) is 0 Å². The fraction of sp³-hybridized carbons (Fsp3) is 0.0667. The van der Waals surface area contributed by atoms with E-state index in [2.05, 4.69) is 4.84 Å². The number of alkyl halides is 2. The molecule has 3 nitrogen and oxygen atoms in total. The van der Waals surface area contributed by atoms with Gasteiger partial charge in [-0.25, -0.2) is 0 Å². The van der Waals surface area contributed by atoms with Crippen molar-refractivity contribution < 1.29 is 9.59 Å². The number of hydrogen-bond donors (Lipinski definition) is 1. The van der Waals surface area contributed by atoms with Crippen LogP contribution in [-0.4, -0.2) is 15.9 Å². The topological polar surface area (TPSA) is 46.2 Å². The first-order valence-electron chi connectivity index (χ1n) is 6.06. The quantitative estimate of drug-likeness (QED) is 0.340. The minimum Gasteiger partial charge on any atom is -0.298 e. The monoisotopic (exact) mass is 375 g/mol. The van der Waals surface area contributed by atoms with Crippen molar-refractivity contribution in [2.45, 2.75) is 4.33 Å². The van der Waals surface area contributed by atoms with E-state index in [1.165, 1.54) is 30.3 Å². The zero-order valence-corrected chi connectivity index (χ0v) is 14.0. The molecule has 0 aromatic heterocycles. The van der Waals surface area contributed by atoms with Crippen LogP contribution in [0.15, 0.2) is 48.5 Å². The van der Waals surface area contributed by atoms with Gasteiger partial charge in [-0.15, -0.1) is 0 Å². The summed E-state index contributed by atoms with van der Waals surface area (Å²) in [4.78, 5) is 27.3. The highest BCUT2D eigenvalue weighted by molar-refractivity contribution is 6.70. The lowest BCUT2D eigenvalue weighted by Crippen LogP contribution is -2.36. The van der Waals surface area contributed by atoms with Crippen LogP contribution in [0.1, 0.15) is 20.7 Å². The third-order valence-electron chi connectivity index (χ3n) is 2.93. The molecule has 0 radical (unpaired) electrons. The summed E-state index contributed by atoms with van der Waals surface area (Å²) in [5.41, 5.74) is 0.502. The van der Waals surface area contributed by atoms with Crippen molar-refractivity contribution in [3.8, 4) is 0 Å². The average molecular weight is 377 g/mol. The molecule has 0 aliphatic rings. The van der Waals surface area contributed by atoms with Crippen molar-refractivity contribution in [1.82, 2.24) is 0 Å². The number of anilines is 1. The number of nitrogens with one attached hydrogen (secondary N) is 1. The Morgan fingerprint density at radius 3 is 2.18 bits per heavy atom. The molecule has 0 spiro atoms. The van der Waals surface area contributed by atoms with Crippen LogP contribution < -0.4 is 4.84 Å². The minimum absolute atomic E-state index is 0.0248. The van der Waals surface area contributed by atoms with Crippen LogP contribution in [0.25, 0.3) is 0 Å². The van der Waals surface area contributed by atoms with Crippen LogP contribution in [0, 0.1) is 0 Å². The highest BCUT2D eigenvalue weighted by Crippen LogP contribution is 2.34. The van der Waals surface area contributed by atoms with Gasteiger partial charge in [0, 0.05) is 27.9 Å². The van der Waals surface area contributed by atoms with Gasteiger partial charge in [0.05, 0.1) is 5.69 Å². The second kappa shape index (κ2) is 6.88. The number of carbonyl (C=O) groups excluding carboxylic acids is 2. The number of carbonyl (C=O) groups is 2. The van der Waals surface area contributed by atoms with E-state index in [4.69, 9.17) is 46.6 Å². The minimum atomic E-state index is -2.28. The Labute approximate surface area is 147 Å². The summed E-state index contributed by atoms with van der Waals surface area (Å²) in [7, 11) is 0. The maximum absolute atomic E-state index is 12.6. The summed E-state index contributed by atoms with van der Waals surface area (Å²) >= 11 is 23.5. The molecule has 2 aromatic rings. The van der Waals surface area contributed by atoms with E-state index >= 15 is 0 Å². The molecule has 0 aliphatic heterocycles. The molecule has 22 heavy (non-hydrogen) atoms. The predicted octanol–water partition coefficient (Wildman–Crippen LogP) is 5.15. The number of halogens is 4. The molecule has 0 fully saturated rings. The molecule has 2 aromatic carbocycles. The van der Waals surface area contributed by atoms with Gasteiger partial charge in [-0.3, -0.25) is 14.4 Å². The van der Waals surface area contributed by atoms with Crippen LogP contribution in [0.3, 0.4) is 0 Å². The summed E-state index contributed by atoms with van der Waals surface area (Å²) < 4.78 is -2.28. The van der Waals surface area contributed by atoms with Gasteiger partial charge in [0.1, 0.15) is 0 Å². The molecule has 0 aliphatic carbocycles. The van der Waals surface area contributed by atoms with Crippen LogP contribution in [0.5, 0.6) is 0 Å². The van der Waals surface area contributed by atoms with Gasteiger partial charge in [-0.1, -0.05) is 65.1 Å². The molecule has 0 heterocycles. The van der Waals surface area contributed by atoms with Gasteiger partial charge in [-0.05, 0) is 18.2 Å². The molecule has 0 bridgehead atoms. The van der Waals surface area contributed by atoms with Gasteiger partial charge < -0.3 is 0 Å². The van der Waals surface area contributed by atoms with E-state index in [-0.39, 0.29) is 21.8 Å². The lowest BCUT2D eigenvalue weighted by molar-refractivity contribution is 0.0879. The number of ketones is 2. The van der Waals surface area contributed by atoms with Crippen molar-refractivity contribution in [3.05, 3.63) is 64.7 Å². The summed E-state index contributed by atoms with van der Waals surface area (Å²) in [6.07, 6.45) is 0. The third-order valence-corrected chi connectivity index (χ3v) is 4.06. The highest BCUT2D eigenvalue weighted by Gasteiger charge is 2.43. The van der Waals surface area contributed by atoms with Gasteiger partial charge in [0.15, 0.2) is 0 Å². The normalized spacial score (nSPS) is 11.1. The predicted molar refractivity (Wildman–Crippen MR) is 90.5 cm³/mol.